The Morgan fingerprint density at radius 1 is 1.19 bits per heavy atom. The lowest BCUT2D eigenvalue weighted by atomic mass is 9.64. The number of hydrogen-bond acceptors (Lipinski definition) is 8. The van der Waals surface area contributed by atoms with Gasteiger partial charge in [-0.1, -0.05) is 30.7 Å². The molecular formula is C28H38N6O3. The van der Waals surface area contributed by atoms with E-state index in [-0.39, 0.29) is 18.7 Å². The fourth-order valence-electron chi connectivity index (χ4n) is 5.66. The summed E-state index contributed by atoms with van der Waals surface area (Å²) in [7, 11) is 0. The van der Waals surface area contributed by atoms with Gasteiger partial charge in [-0.05, 0) is 75.3 Å². The molecule has 37 heavy (non-hydrogen) atoms. The number of fused-ring (bicyclic) bond motifs is 2. The molecule has 0 aliphatic heterocycles. The number of nitriles is 1. The molecule has 2 aliphatic rings. The monoisotopic (exact) mass is 506 g/mol. The lowest BCUT2D eigenvalue weighted by Gasteiger charge is -2.46. The number of carbonyl (C=O) groups excluding carboxylic acids is 1. The average Bonchev–Trinajstić information content (AvgIpc) is 2.85. The van der Waals surface area contributed by atoms with Crippen LogP contribution in [-0.4, -0.2) is 39.4 Å². The first-order valence-corrected chi connectivity index (χ1v) is 13.2. The molecule has 4 N–H and O–H groups in total. The third-order valence-electron chi connectivity index (χ3n) is 7.21. The Morgan fingerprint density at radius 3 is 2.59 bits per heavy atom. The fourth-order valence-corrected chi connectivity index (χ4v) is 5.66. The van der Waals surface area contributed by atoms with Crippen molar-refractivity contribution in [1.29, 1.82) is 5.26 Å². The van der Waals surface area contributed by atoms with E-state index in [2.05, 4.69) is 32.0 Å². The van der Waals surface area contributed by atoms with Crippen LogP contribution in [0.5, 0.6) is 0 Å². The van der Waals surface area contributed by atoms with Gasteiger partial charge in [0.1, 0.15) is 23.1 Å². The first kappa shape index (κ1) is 26.7. The molecule has 2 saturated carbocycles. The highest BCUT2D eigenvalue weighted by atomic mass is 16.6. The molecule has 2 bridgehead atoms. The lowest BCUT2D eigenvalue weighted by molar-refractivity contribution is 0.0324. The van der Waals surface area contributed by atoms with Crippen molar-refractivity contribution in [2.24, 2.45) is 17.8 Å². The minimum Gasteiger partial charge on any atom is -0.444 e. The van der Waals surface area contributed by atoms with Crippen molar-refractivity contribution < 1.29 is 14.6 Å². The minimum atomic E-state index is -0.506. The molecule has 1 aromatic heterocycles. The molecule has 2 aromatic rings. The maximum absolute atomic E-state index is 12.4. The number of benzene rings is 1. The van der Waals surface area contributed by atoms with Gasteiger partial charge in [-0.15, -0.1) is 0 Å². The van der Waals surface area contributed by atoms with Crippen molar-refractivity contribution >= 4 is 17.9 Å². The summed E-state index contributed by atoms with van der Waals surface area (Å²) in [5.41, 5.74) is 1.77. The van der Waals surface area contributed by atoms with E-state index in [9.17, 15) is 15.2 Å². The normalized spacial score (nSPS) is 23.0. The summed E-state index contributed by atoms with van der Waals surface area (Å²) in [6.45, 7) is 6.87. The van der Waals surface area contributed by atoms with Crippen LogP contribution in [0, 0.1) is 29.1 Å². The predicted molar refractivity (Wildman–Crippen MR) is 142 cm³/mol. The number of aliphatic hydroxyl groups excluding tert-OH is 1. The first-order chi connectivity index (χ1) is 17.7. The van der Waals surface area contributed by atoms with E-state index in [1.165, 1.54) is 12.6 Å². The third kappa shape index (κ3) is 7.32. The van der Waals surface area contributed by atoms with Crippen molar-refractivity contribution in [3.8, 4) is 6.07 Å². The van der Waals surface area contributed by atoms with Crippen LogP contribution in [0.2, 0.25) is 0 Å². The molecule has 9 heteroatoms. The van der Waals surface area contributed by atoms with Gasteiger partial charge >= 0.3 is 6.09 Å². The molecule has 1 unspecified atom stereocenters. The van der Waals surface area contributed by atoms with E-state index in [0.717, 1.165) is 43.4 Å². The highest BCUT2D eigenvalue weighted by Gasteiger charge is 2.41. The number of aromatic nitrogens is 2. The number of aliphatic hydroxyl groups is 1. The standard InChI is InChI=1S/C28H38N6O3/c1-28(2,3)37-27(36)33-24-21-8-5-9-22(24)12-20(11-21)15-30-25-23(13-29)16-32-26(34-25)31-14-18-6-4-7-19(10-18)17-35/h4,6-7,10,16,20-22,24,35H,5,8-9,11-12,14-15,17H2,1-3H3,(H,33,36)(H2,30,31,32,34)/t20?,21-,22+,24-. The number of alkyl carbamates (subject to hydrolysis) is 1. The number of hydrogen-bond donors (Lipinski definition) is 4. The van der Waals surface area contributed by atoms with Crippen LogP contribution in [-0.2, 0) is 17.9 Å². The summed E-state index contributed by atoms with van der Waals surface area (Å²) in [6.07, 6.45) is 6.66. The second-order valence-electron chi connectivity index (χ2n) is 11.2. The quantitative estimate of drug-likeness (QED) is 0.409. The van der Waals surface area contributed by atoms with Crippen molar-refractivity contribution in [2.45, 2.75) is 77.7 Å². The molecule has 0 spiro atoms. The zero-order valence-electron chi connectivity index (χ0n) is 22.0. The number of anilines is 2. The van der Waals surface area contributed by atoms with E-state index in [4.69, 9.17) is 4.74 Å². The van der Waals surface area contributed by atoms with Gasteiger partial charge in [0.05, 0.1) is 12.8 Å². The Balaban J connectivity index is 1.35. The molecule has 0 radical (unpaired) electrons. The summed E-state index contributed by atoms with van der Waals surface area (Å²) in [6, 6.07) is 10.0. The molecule has 4 atom stereocenters. The highest BCUT2D eigenvalue weighted by molar-refractivity contribution is 5.68. The molecule has 9 nitrogen and oxygen atoms in total. The number of rotatable bonds is 8. The fraction of sp³-hybridized carbons (Fsp3) is 0.571. The topological polar surface area (TPSA) is 132 Å². The first-order valence-electron chi connectivity index (χ1n) is 13.2. The van der Waals surface area contributed by atoms with E-state index in [1.54, 1.807) is 0 Å². The Morgan fingerprint density at radius 2 is 1.92 bits per heavy atom. The van der Waals surface area contributed by atoms with Gasteiger partial charge in [0.25, 0.3) is 0 Å². The van der Waals surface area contributed by atoms with Gasteiger partial charge in [-0.3, -0.25) is 0 Å². The van der Waals surface area contributed by atoms with E-state index >= 15 is 0 Å². The van der Waals surface area contributed by atoms with Crippen LogP contribution in [0.15, 0.2) is 30.5 Å². The Kier molecular flexibility index (Phi) is 8.49. The second-order valence-corrected chi connectivity index (χ2v) is 11.2. The summed E-state index contributed by atoms with van der Waals surface area (Å²) in [5, 5.41) is 28.7. The summed E-state index contributed by atoms with van der Waals surface area (Å²) in [4.78, 5) is 21.3. The average molecular weight is 507 g/mol. The molecule has 4 rings (SSSR count). The van der Waals surface area contributed by atoms with Crippen LogP contribution in [0.25, 0.3) is 0 Å². The van der Waals surface area contributed by atoms with E-state index in [1.807, 2.05) is 45.0 Å². The Hall–Kier alpha value is -3.38. The van der Waals surface area contributed by atoms with Gasteiger partial charge in [0, 0.05) is 19.1 Å². The Labute approximate surface area is 219 Å². The van der Waals surface area contributed by atoms with Gasteiger partial charge in [0.2, 0.25) is 5.95 Å². The zero-order valence-corrected chi connectivity index (χ0v) is 22.0. The summed E-state index contributed by atoms with van der Waals surface area (Å²) >= 11 is 0. The molecular weight excluding hydrogens is 468 g/mol. The van der Waals surface area contributed by atoms with Crippen LogP contribution in [0.4, 0.5) is 16.6 Å². The number of carbonyl (C=O) groups is 1. The minimum absolute atomic E-state index is 0.00400. The molecule has 2 fully saturated rings. The number of amides is 1. The molecule has 1 aromatic carbocycles. The lowest BCUT2D eigenvalue weighted by Crippen LogP contribution is -2.52. The molecule has 1 amide bonds. The van der Waals surface area contributed by atoms with Gasteiger partial charge < -0.3 is 25.8 Å². The third-order valence-corrected chi connectivity index (χ3v) is 7.21. The number of ether oxygens (including phenoxy) is 1. The summed E-state index contributed by atoms with van der Waals surface area (Å²) in [5.74, 6) is 2.27. The molecule has 0 saturated heterocycles. The van der Waals surface area contributed by atoms with Crippen molar-refractivity contribution in [1.82, 2.24) is 15.3 Å². The van der Waals surface area contributed by atoms with Gasteiger partial charge in [0.15, 0.2) is 0 Å². The number of nitrogens with one attached hydrogen (secondary N) is 3. The van der Waals surface area contributed by atoms with Crippen LogP contribution < -0.4 is 16.0 Å². The largest absolute Gasteiger partial charge is 0.444 e. The van der Waals surface area contributed by atoms with Crippen molar-refractivity contribution in [3.63, 3.8) is 0 Å². The zero-order chi connectivity index (χ0) is 26.4. The second kappa shape index (κ2) is 11.8. The number of nitrogens with zero attached hydrogens (tertiary/aromatic N) is 3. The van der Waals surface area contributed by atoms with Crippen molar-refractivity contribution in [2.75, 3.05) is 17.2 Å². The molecule has 2 aliphatic carbocycles. The van der Waals surface area contributed by atoms with Crippen molar-refractivity contribution in [3.05, 3.63) is 47.2 Å². The smallest absolute Gasteiger partial charge is 0.407 e. The predicted octanol–water partition coefficient (Wildman–Crippen LogP) is 4.58. The van der Waals surface area contributed by atoms with E-state index in [0.29, 0.717) is 41.6 Å². The maximum atomic E-state index is 12.4. The van der Waals surface area contributed by atoms with Gasteiger partial charge in [-0.2, -0.15) is 10.2 Å². The summed E-state index contributed by atoms with van der Waals surface area (Å²) < 4.78 is 5.51. The molecule has 1 heterocycles. The maximum Gasteiger partial charge on any atom is 0.407 e. The van der Waals surface area contributed by atoms with Crippen LogP contribution in [0.1, 0.15) is 69.6 Å². The highest BCUT2D eigenvalue weighted by Crippen LogP contribution is 2.43. The van der Waals surface area contributed by atoms with Crippen LogP contribution >= 0.6 is 0 Å². The van der Waals surface area contributed by atoms with E-state index < -0.39 is 5.60 Å². The van der Waals surface area contributed by atoms with Gasteiger partial charge in [-0.25, -0.2) is 9.78 Å². The Bertz CT molecular complexity index is 1110. The molecule has 198 valence electrons. The van der Waals surface area contributed by atoms with Crippen LogP contribution in [0.3, 0.4) is 0 Å². The SMILES string of the molecule is CC(C)(C)OC(=O)N[C@@H]1[C@@H]2CCC[C@H]1CC(CNc1nc(NCc3cccc(CO)c3)ncc1C#N)C2.